The van der Waals surface area contributed by atoms with Crippen molar-refractivity contribution in [2.45, 2.75) is 57.6 Å². The van der Waals surface area contributed by atoms with Gasteiger partial charge in [-0.3, -0.25) is 0 Å². The van der Waals surface area contributed by atoms with E-state index < -0.39 is 0 Å². The topological polar surface area (TPSA) is 30.5 Å². The van der Waals surface area contributed by atoms with E-state index in [9.17, 15) is 0 Å². The number of rotatable bonds is 5. The normalized spacial score (nSPS) is 35.8. The van der Waals surface area contributed by atoms with E-state index in [1.165, 1.54) is 25.7 Å². The Morgan fingerprint density at radius 1 is 1.39 bits per heavy atom. The molecule has 0 aromatic rings. The van der Waals surface area contributed by atoms with E-state index >= 15 is 0 Å². The van der Waals surface area contributed by atoms with Crippen LogP contribution in [0.2, 0.25) is 0 Å². The molecule has 2 fully saturated rings. The number of nitrogens with one attached hydrogen (secondary N) is 1. The Labute approximate surface area is 112 Å². The SMILES string of the molecule is CCCC(C)C(NC)C1CCOC2(CCOC2)C1. The van der Waals surface area contributed by atoms with Crippen LogP contribution in [0.15, 0.2) is 0 Å². The fourth-order valence-electron chi connectivity index (χ4n) is 3.86. The third-order valence-electron chi connectivity index (χ3n) is 4.80. The highest BCUT2D eigenvalue weighted by Crippen LogP contribution is 2.38. The zero-order chi connectivity index (χ0) is 13.0. The van der Waals surface area contributed by atoms with Crippen LogP contribution in [0.3, 0.4) is 0 Å². The molecule has 2 aliphatic heterocycles. The van der Waals surface area contributed by atoms with Gasteiger partial charge in [-0.25, -0.2) is 0 Å². The van der Waals surface area contributed by atoms with Crippen LogP contribution >= 0.6 is 0 Å². The van der Waals surface area contributed by atoms with Crippen molar-refractivity contribution in [1.29, 1.82) is 0 Å². The largest absolute Gasteiger partial charge is 0.378 e. The van der Waals surface area contributed by atoms with Crippen LogP contribution in [0, 0.1) is 11.8 Å². The molecule has 0 bridgehead atoms. The average Bonchev–Trinajstić information content (AvgIpc) is 2.79. The third-order valence-corrected chi connectivity index (χ3v) is 4.80. The minimum absolute atomic E-state index is 0.0456. The van der Waals surface area contributed by atoms with E-state index in [0.29, 0.717) is 6.04 Å². The first-order chi connectivity index (χ1) is 8.71. The van der Waals surface area contributed by atoms with Crippen LogP contribution < -0.4 is 5.32 Å². The highest BCUT2D eigenvalue weighted by atomic mass is 16.6. The number of hydrogen-bond donors (Lipinski definition) is 1. The summed E-state index contributed by atoms with van der Waals surface area (Å²) in [7, 11) is 2.12. The molecule has 4 atom stereocenters. The van der Waals surface area contributed by atoms with E-state index in [-0.39, 0.29) is 5.60 Å². The minimum Gasteiger partial charge on any atom is -0.378 e. The first kappa shape index (κ1) is 14.3. The molecule has 3 nitrogen and oxygen atoms in total. The Morgan fingerprint density at radius 2 is 2.22 bits per heavy atom. The monoisotopic (exact) mass is 255 g/mol. The summed E-state index contributed by atoms with van der Waals surface area (Å²) in [6.45, 7) is 7.26. The van der Waals surface area contributed by atoms with Crippen LogP contribution in [0.1, 0.15) is 46.0 Å². The van der Waals surface area contributed by atoms with E-state index in [1.54, 1.807) is 0 Å². The zero-order valence-electron chi connectivity index (χ0n) is 12.2. The van der Waals surface area contributed by atoms with Gasteiger partial charge in [0.15, 0.2) is 0 Å². The van der Waals surface area contributed by atoms with E-state index in [4.69, 9.17) is 9.47 Å². The van der Waals surface area contributed by atoms with Gasteiger partial charge in [-0.15, -0.1) is 0 Å². The molecule has 4 unspecified atom stereocenters. The summed E-state index contributed by atoms with van der Waals surface area (Å²) in [6.07, 6.45) is 6.04. The van der Waals surface area contributed by atoms with E-state index in [1.807, 2.05) is 0 Å². The second kappa shape index (κ2) is 6.36. The molecule has 106 valence electrons. The predicted octanol–water partition coefficient (Wildman–Crippen LogP) is 2.60. The molecule has 2 rings (SSSR count). The summed E-state index contributed by atoms with van der Waals surface area (Å²) in [4.78, 5) is 0. The van der Waals surface area contributed by atoms with Gasteiger partial charge in [-0.05, 0) is 38.1 Å². The van der Waals surface area contributed by atoms with Crippen LogP contribution in [0.5, 0.6) is 0 Å². The summed E-state index contributed by atoms with van der Waals surface area (Å²) in [5, 5.41) is 3.57. The lowest BCUT2D eigenvalue weighted by Crippen LogP contribution is -2.48. The molecular formula is C15H29NO2. The predicted molar refractivity (Wildman–Crippen MR) is 73.8 cm³/mol. The molecule has 0 aliphatic carbocycles. The number of ether oxygens (including phenoxy) is 2. The molecule has 0 aromatic carbocycles. The van der Waals surface area contributed by atoms with Crippen LogP contribution in [-0.2, 0) is 9.47 Å². The van der Waals surface area contributed by atoms with Gasteiger partial charge in [0.25, 0.3) is 0 Å². The molecule has 0 aromatic heterocycles. The average molecular weight is 255 g/mol. The Hall–Kier alpha value is -0.120. The van der Waals surface area contributed by atoms with Crippen molar-refractivity contribution in [2.75, 3.05) is 26.9 Å². The molecule has 2 saturated heterocycles. The zero-order valence-corrected chi connectivity index (χ0v) is 12.2. The van der Waals surface area contributed by atoms with Crippen molar-refractivity contribution in [2.24, 2.45) is 11.8 Å². The van der Waals surface area contributed by atoms with Crippen molar-refractivity contribution in [1.82, 2.24) is 5.32 Å². The lowest BCUT2D eigenvalue weighted by molar-refractivity contribution is -0.105. The Kier molecular flexibility index (Phi) is 5.05. The highest BCUT2D eigenvalue weighted by molar-refractivity contribution is 4.94. The molecule has 18 heavy (non-hydrogen) atoms. The lowest BCUT2D eigenvalue weighted by atomic mass is 9.76. The highest BCUT2D eigenvalue weighted by Gasteiger charge is 2.43. The maximum absolute atomic E-state index is 6.04. The molecule has 0 saturated carbocycles. The Morgan fingerprint density at radius 3 is 2.83 bits per heavy atom. The summed E-state index contributed by atoms with van der Waals surface area (Å²) < 4.78 is 11.6. The van der Waals surface area contributed by atoms with Gasteiger partial charge in [0.1, 0.15) is 0 Å². The van der Waals surface area contributed by atoms with Crippen LogP contribution in [0.25, 0.3) is 0 Å². The quantitative estimate of drug-likeness (QED) is 0.819. The molecule has 3 heteroatoms. The van der Waals surface area contributed by atoms with Gasteiger partial charge in [-0.1, -0.05) is 20.3 Å². The van der Waals surface area contributed by atoms with Crippen LogP contribution in [-0.4, -0.2) is 38.5 Å². The molecular weight excluding hydrogens is 226 g/mol. The van der Waals surface area contributed by atoms with Crippen molar-refractivity contribution < 1.29 is 9.47 Å². The van der Waals surface area contributed by atoms with Gasteiger partial charge in [0.2, 0.25) is 0 Å². The first-order valence-electron chi connectivity index (χ1n) is 7.60. The summed E-state index contributed by atoms with van der Waals surface area (Å²) >= 11 is 0. The molecule has 0 amide bonds. The maximum atomic E-state index is 6.04. The van der Waals surface area contributed by atoms with Crippen molar-refractivity contribution in [3.05, 3.63) is 0 Å². The smallest absolute Gasteiger partial charge is 0.0939 e. The molecule has 1 N–H and O–H groups in total. The van der Waals surface area contributed by atoms with Gasteiger partial charge in [0.05, 0.1) is 12.2 Å². The van der Waals surface area contributed by atoms with Crippen LogP contribution in [0.4, 0.5) is 0 Å². The number of hydrogen-bond acceptors (Lipinski definition) is 3. The molecule has 1 spiro atoms. The summed E-state index contributed by atoms with van der Waals surface area (Å²) in [6, 6.07) is 0.631. The molecule has 2 heterocycles. The van der Waals surface area contributed by atoms with Crippen molar-refractivity contribution in [3.63, 3.8) is 0 Å². The van der Waals surface area contributed by atoms with Crippen molar-refractivity contribution in [3.8, 4) is 0 Å². The fraction of sp³-hybridized carbons (Fsp3) is 1.00. The summed E-state index contributed by atoms with van der Waals surface area (Å²) in [5.74, 6) is 1.49. The molecule has 2 aliphatic rings. The minimum atomic E-state index is 0.0456. The second-order valence-corrected chi connectivity index (χ2v) is 6.17. The van der Waals surface area contributed by atoms with Gasteiger partial charge < -0.3 is 14.8 Å². The Bertz CT molecular complexity index is 251. The molecule has 0 radical (unpaired) electrons. The Balaban J connectivity index is 1.97. The van der Waals surface area contributed by atoms with Gasteiger partial charge >= 0.3 is 0 Å². The first-order valence-corrected chi connectivity index (χ1v) is 7.60. The van der Waals surface area contributed by atoms with Crippen molar-refractivity contribution >= 4 is 0 Å². The standard InChI is InChI=1S/C15H29NO2/c1-4-5-12(2)14(16-3)13-6-8-18-15(10-13)7-9-17-11-15/h12-14,16H,4-11H2,1-3H3. The third kappa shape index (κ3) is 3.06. The second-order valence-electron chi connectivity index (χ2n) is 6.17. The fourth-order valence-corrected chi connectivity index (χ4v) is 3.86. The van der Waals surface area contributed by atoms with Gasteiger partial charge in [-0.2, -0.15) is 0 Å². The van der Waals surface area contributed by atoms with E-state index in [0.717, 1.165) is 38.1 Å². The maximum Gasteiger partial charge on any atom is 0.0939 e. The van der Waals surface area contributed by atoms with Gasteiger partial charge in [0, 0.05) is 25.7 Å². The lowest BCUT2D eigenvalue weighted by Gasteiger charge is -2.42. The van der Waals surface area contributed by atoms with E-state index in [2.05, 4.69) is 26.2 Å². The summed E-state index contributed by atoms with van der Waals surface area (Å²) in [5.41, 5.74) is 0.0456.